The van der Waals surface area contributed by atoms with Gasteiger partial charge in [0.05, 0.1) is 10.7 Å². The maximum Gasteiger partial charge on any atom is 0.306 e. The molecule has 0 saturated carbocycles. The third kappa shape index (κ3) is 2.80. The molecule has 0 aromatic carbocycles. The summed E-state index contributed by atoms with van der Waals surface area (Å²) in [6.07, 6.45) is 0.791. The minimum Gasteiger partial charge on any atom is -0.481 e. The Morgan fingerprint density at radius 1 is 1.35 bits per heavy atom. The summed E-state index contributed by atoms with van der Waals surface area (Å²) < 4.78 is 25.2. The number of carboxylic acids is 1. The normalized spacial score (nSPS) is 28.0. The molecule has 1 saturated heterocycles. The summed E-state index contributed by atoms with van der Waals surface area (Å²) in [7, 11) is -3.36. The van der Waals surface area contributed by atoms with Gasteiger partial charge in [0.2, 0.25) is 10.0 Å². The van der Waals surface area contributed by atoms with E-state index in [9.17, 15) is 13.2 Å². The Labute approximate surface area is 103 Å². The molecule has 0 spiro atoms. The van der Waals surface area contributed by atoms with Crippen LogP contribution in [0, 0.1) is 5.92 Å². The van der Waals surface area contributed by atoms with Crippen LogP contribution >= 0.6 is 0 Å². The van der Waals surface area contributed by atoms with Gasteiger partial charge in [-0.15, -0.1) is 0 Å². The van der Waals surface area contributed by atoms with Gasteiger partial charge in [-0.25, -0.2) is 8.42 Å². The molecule has 100 valence electrons. The van der Waals surface area contributed by atoms with E-state index in [0.29, 0.717) is 19.4 Å². The van der Waals surface area contributed by atoms with Gasteiger partial charge in [0.1, 0.15) is 0 Å². The molecule has 1 fully saturated rings. The first-order valence-corrected chi connectivity index (χ1v) is 7.25. The van der Waals surface area contributed by atoms with E-state index < -0.39 is 26.7 Å². The van der Waals surface area contributed by atoms with Crippen molar-refractivity contribution in [1.29, 1.82) is 0 Å². The fraction of sp³-hybridized carbons (Fsp3) is 0.909. The standard InChI is InChI=1S/C11H21NO4S/c1-8-7-9(10(13)14)5-6-12(8)17(15,16)11(2,3)4/h8-9H,5-7H2,1-4H3,(H,13,14). The van der Waals surface area contributed by atoms with Crippen LogP contribution in [0.25, 0.3) is 0 Å². The zero-order chi connectivity index (χ0) is 13.4. The molecule has 6 heteroatoms. The van der Waals surface area contributed by atoms with Gasteiger partial charge in [-0.3, -0.25) is 4.79 Å². The lowest BCUT2D eigenvalue weighted by Crippen LogP contribution is -2.51. The predicted molar refractivity (Wildman–Crippen MR) is 65.2 cm³/mol. The van der Waals surface area contributed by atoms with Crippen molar-refractivity contribution in [2.45, 2.75) is 51.3 Å². The quantitative estimate of drug-likeness (QED) is 0.815. The van der Waals surface area contributed by atoms with Crippen molar-refractivity contribution in [2.24, 2.45) is 5.92 Å². The van der Waals surface area contributed by atoms with Crippen molar-refractivity contribution in [2.75, 3.05) is 6.54 Å². The molecule has 0 amide bonds. The summed E-state index contributed by atoms with van der Waals surface area (Å²) in [5.41, 5.74) is 0. The van der Waals surface area contributed by atoms with Crippen LogP contribution in [0.1, 0.15) is 40.5 Å². The number of hydrogen-bond acceptors (Lipinski definition) is 3. The Balaban J connectivity index is 2.88. The van der Waals surface area contributed by atoms with Crippen LogP contribution in [0.15, 0.2) is 0 Å². The van der Waals surface area contributed by atoms with Crippen LogP contribution < -0.4 is 0 Å². The Kier molecular flexibility index (Phi) is 3.88. The van der Waals surface area contributed by atoms with E-state index in [1.807, 2.05) is 0 Å². The zero-order valence-electron chi connectivity index (χ0n) is 10.8. The molecule has 1 aliphatic rings. The number of carbonyl (C=O) groups is 1. The van der Waals surface area contributed by atoms with Crippen LogP contribution in [0.2, 0.25) is 0 Å². The third-order valence-electron chi connectivity index (χ3n) is 3.25. The Morgan fingerprint density at radius 3 is 2.24 bits per heavy atom. The van der Waals surface area contributed by atoms with Crippen molar-refractivity contribution >= 4 is 16.0 Å². The smallest absolute Gasteiger partial charge is 0.306 e. The summed E-state index contributed by atoms with van der Waals surface area (Å²) in [4.78, 5) is 10.9. The number of hydrogen-bond donors (Lipinski definition) is 1. The topological polar surface area (TPSA) is 74.7 Å². The van der Waals surface area contributed by atoms with Crippen LogP contribution in [0.3, 0.4) is 0 Å². The van der Waals surface area contributed by atoms with E-state index in [4.69, 9.17) is 5.11 Å². The molecule has 1 N–H and O–H groups in total. The lowest BCUT2D eigenvalue weighted by Gasteiger charge is -2.38. The summed E-state index contributed by atoms with van der Waals surface area (Å²) in [5, 5.41) is 8.94. The van der Waals surface area contributed by atoms with Crippen molar-refractivity contribution in [3.63, 3.8) is 0 Å². The number of sulfonamides is 1. The summed E-state index contributed by atoms with van der Waals surface area (Å²) in [6.45, 7) is 7.07. The average Bonchev–Trinajstić information content (AvgIpc) is 2.15. The fourth-order valence-electron chi connectivity index (χ4n) is 2.08. The molecule has 1 heterocycles. The number of piperidine rings is 1. The van der Waals surface area contributed by atoms with E-state index >= 15 is 0 Å². The monoisotopic (exact) mass is 263 g/mol. The highest BCUT2D eigenvalue weighted by Crippen LogP contribution is 2.30. The maximum atomic E-state index is 12.3. The van der Waals surface area contributed by atoms with Crippen LogP contribution in [-0.2, 0) is 14.8 Å². The van der Waals surface area contributed by atoms with E-state index in [1.165, 1.54) is 4.31 Å². The molecule has 2 unspecified atom stereocenters. The first-order valence-electron chi connectivity index (χ1n) is 5.81. The molecule has 0 radical (unpaired) electrons. The van der Waals surface area contributed by atoms with Crippen molar-refractivity contribution < 1.29 is 18.3 Å². The second-order valence-electron chi connectivity index (χ2n) is 5.64. The van der Waals surface area contributed by atoms with Gasteiger partial charge in [-0.2, -0.15) is 4.31 Å². The molecule has 0 aromatic heterocycles. The third-order valence-corrected chi connectivity index (χ3v) is 5.95. The van der Waals surface area contributed by atoms with E-state index in [0.717, 1.165) is 0 Å². The number of rotatable bonds is 2. The molecular weight excluding hydrogens is 242 g/mol. The molecular formula is C11H21NO4S. The van der Waals surface area contributed by atoms with Crippen molar-refractivity contribution in [3.05, 3.63) is 0 Å². The number of nitrogens with zero attached hydrogens (tertiary/aromatic N) is 1. The van der Waals surface area contributed by atoms with Gasteiger partial charge >= 0.3 is 5.97 Å². The summed E-state index contributed by atoms with van der Waals surface area (Å²) in [5.74, 6) is -1.25. The Bertz CT molecular complexity index is 396. The lowest BCUT2D eigenvalue weighted by molar-refractivity contribution is -0.143. The molecule has 0 aromatic rings. The highest BCUT2D eigenvalue weighted by molar-refractivity contribution is 7.90. The molecule has 17 heavy (non-hydrogen) atoms. The zero-order valence-corrected chi connectivity index (χ0v) is 11.6. The van der Waals surface area contributed by atoms with Gasteiger partial charge < -0.3 is 5.11 Å². The Hall–Kier alpha value is -0.620. The minimum absolute atomic E-state index is 0.242. The molecule has 0 bridgehead atoms. The van der Waals surface area contributed by atoms with E-state index in [-0.39, 0.29) is 6.04 Å². The number of aliphatic carboxylic acids is 1. The van der Waals surface area contributed by atoms with E-state index in [1.54, 1.807) is 27.7 Å². The summed E-state index contributed by atoms with van der Waals surface area (Å²) in [6, 6.07) is -0.242. The number of carboxylic acid groups (broad SMARTS) is 1. The van der Waals surface area contributed by atoms with Crippen LogP contribution in [0.4, 0.5) is 0 Å². The average molecular weight is 263 g/mol. The van der Waals surface area contributed by atoms with E-state index in [2.05, 4.69) is 0 Å². The molecule has 1 aliphatic heterocycles. The molecule has 2 atom stereocenters. The highest BCUT2D eigenvalue weighted by atomic mass is 32.2. The van der Waals surface area contributed by atoms with Gasteiger partial charge in [-0.1, -0.05) is 0 Å². The minimum atomic E-state index is -3.36. The largest absolute Gasteiger partial charge is 0.481 e. The molecule has 1 rings (SSSR count). The van der Waals surface area contributed by atoms with Gasteiger partial charge in [0.25, 0.3) is 0 Å². The van der Waals surface area contributed by atoms with Crippen molar-refractivity contribution in [1.82, 2.24) is 4.31 Å². The van der Waals surface area contributed by atoms with Crippen molar-refractivity contribution in [3.8, 4) is 0 Å². The van der Waals surface area contributed by atoms with Crippen LogP contribution in [-0.4, -0.2) is 41.1 Å². The van der Waals surface area contributed by atoms with Crippen LogP contribution in [0.5, 0.6) is 0 Å². The first-order chi connectivity index (χ1) is 7.57. The predicted octanol–water partition coefficient (Wildman–Crippen LogP) is 1.30. The Morgan fingerprint density at radius 2 is 1.88 bits per heavy atom. The highest BCUT2D eigenvalue weighted by Gasteiger charge is 2.41. The second kappa shape index (κ2) is 4.57. The van der Waals surface area contributed by atoms with Gasteiger partial charge in [-0.05, 0) is 40.5 Å². The molecule has 5 nitrogen and oxygen atoms in total. The van der Waals surface area contributed by atoms with Gasteiger partial charge in [0, 0.05) is 12.6 Å². The second-order valence-corrected chi connectivity index (χ2v) is 8.28. The molecule has 0 aliphatic carbocycles. The maximum absolute atomic E-state index is 12.3. The summed E-state index contributed by atoms with van der Waals surface area (Å²) >= 11 is 0. The van der Waals surface area contributed by atoms with Gasteiger partial charge in [0.15, 0.2) is 0 Å². The fourth-order valence-corrected chi connectivity index (χ4v) is 3.69. The first kappa shape index (κ1) is 14.4. The SMILES string of the molecule is CC1CC(C(=O)O)CCN1S(=O)(=O)C(C)(C)C. The lowest BCUT2D eigenvalue weighted by atomic mass is 9.93.